The second-order valence-electron chi connectivity index (χ2n) is 5.69. The van der Waals surface area contributed by atoms with Crippen molar-refractivity contribution in [2.75, 3.05) is 6.54 Å². The lowest BCUT2D eigenvalue weighted by Crippen LogP contribution is -2.18. The number of hydrogen-bond donors (Lipinski definition) is 1. The van der Waals surface area contributed by atoms with Crippen LogP contribution in [-0.4, -0.2) is 6.54 Å². The number of rotatable bonds is 3. The molecule has 2 aromatic rings. The van der Waals surface area contributed by atoms with Crippen molar-refractivity contribution < 1.29 is 8.81 Å². The van der Waals surface area contributed by atoms with Crippen LogP contribution in [0.25, 0.3) is 11.0 Å². The van der Waals surface area contributed by atoms with E-state index in [1.807, 2.05) is 0 Å². The van der Waals surface area contributed by atoms with Crippen LogP contribution in [0.1, 0.15) is 39.0 Å². The summed E-state index contributed by atoms with van der Waals surface area (Å²) in [6.45, 7) is 9.93. The predicted molar refractivity (Wildman–Crippen MR) is 80.0 cm³/mol. The van der Waals surface area contributed by atoms with E-state index < -0.39 is 0 Å². The van der Waals surface area contributed by atoms with E-state index in [9.17, 15) is 4.39 Å². The highest BCUT2D eigenvalue weighted by atomic mass is 79.9. The highest BCUT2D eigenvalue weighted by Crippen LogP contribution is 2.38. The molecule has 0 aliphatic heterocycles. The van der Waals surface area contributed by atoms with Crippen molar-refractivity contribution in [3.05, 3.63) is 33.7 Å². The average Bonchev–Trinajstić information content (AvgIpc) is 2.64. The van der Waals surface area contributed by atoms with Gasteiger partial charge in [0.2, 0.25) is 0 Å². The molecule has 0 saturated carbocycles. The van der Waals surface area contributed by atoms with E-state index in [0.29, 0.717) is 11.0 Å². The molecule has 0 radical (unpaired) electrons. The lowest BCUT2D eigenvalue weighted by molar-refractivity contribution is 0.486. The summed E-state index contributed by atoms with van der Waals surface area (Å²) >= 11 is 3.38. The molecule has 19 heavy (non-hydrogen) atoms. The molecule has 0 fully saturated rings. The Kier molecular flexibility index (Phi) is 4.02. The first-order valence-corrected chi connectivity index (χ1v) is 7.25. The van der Waals surface area contributed by atoms with E-state index in [2.05, 4.69) is 48.9 Å². The Labute approximate surface area is 121 Å². The van der Waals surface area contributed by atoms with Gasteiger partial charge in [0.25, 0.3) is 0 Å². The molecule has 0 amide bonds. The third-order valence-electron chi connectivity index (χ3n) is 3.07. The van der Waals surface area contributed by atoms with Crippen molar-refractivity contribution in [2.24, 2.45) is 0 Å². The Bertz CT molecular complexity index is 598. The topological polar surface area (TPSA) is 25.2 Å². The van der Waals surface area contributed by atoms with Crippen LogP contribution in [0.15, 0.2) is 21.0 Å². The molecule has 1 N–H and O–H groups in total. The van der Waals surface area contributed by atoms with E-state index in [0.717, 1.165) is 28.8 Å². The Morgan fingerprint density at radius 3 is 2.58 bits per heavy atom. The van der Waals surface area contributed by atoms with Crippen LogP contribution in [0.3, 0.4) is 0 Å². The molecule has 1 heterocycles. The lowest BCUT2D eigenvalue weighted by Gasteiger charge is -2.19. The number of hydrogen-bond acceptors (Lipinski definition) is 2. The number of nitrogens with one attached hydrogen (secondary N) is 1. The third-order valence-corrected chi connectivity index (χ3v) is 3.66. The van der Waals surface area contributed by atoms with Crippen LogP contribution in [0.4, 0.5) is 4.39 Å². The summed E-state index contributed by atoms with van der Waals surface area (Å²) in [4.78, 5) is 0. The zero-order valence-electron chi connectivity index (χ0n) is 11.7. The van der Waals surface area contributed by atoms with E-state index in [-0.39, 0.29) is 11.2 Å². The molecule has 104 valence electrons. The van der Waals surface area contributed by atoms with Crippen LogP contribution >= 0.6 is 15.9 Å². The maximum atomic E-state index is 13.6. The van der Waals surface area contributed by atoms with Gasteiger partial charge >= 0.3 is 0 Å². The monoisotopic (exact) mass is 327 g/mol. The van der Waals surface area contributed by atoms with E-state index >= 15 is 0 Å². The first-order valence-electron chi connectivity index (χ1n) is 6.46. The molecule has 0 aliphatic carbocycles. The van der Waals surface area contributed by atoms with Gasteiger partial charge in [0, 0.05) is 10.9 Å². The van der Waals surface area contributed by atoms with Gasteiger partial charge in [-0.15, -0.1) is 0 Å². The molecule has 0 bridgehead atoms. The molecule has 4 heteroatoms. The second kappa shape index (κ2) is 5.25. The number of benzene rings is 1. The minimum atomic E-state index is -0.249. The van der Waals surface area contributed by atoms with Gasteiger partial charge in [-0.05, 0) is 40.0 Å². The average molecular weight is 328 g/mol. The van der Waals surface area contributed by atoms with Crippen molar-refractivity contribution in [3.8, 4) is 0 Å². The molecule has 2 nitrogen and oxygen atoms in total. The fourth-order valence-corrected chi connectivity index (χ4v) is 2.87. The van der Waals surface area contributed by atoms with Crippen LogP contribution < -0.4 is 5.32 Å². The molecule has 1 aromatic carbocycles. The molecule has 0 atom stereocenters. The molecular formula is C15H19BrFNO. The largest absolute Gasteiger partial charge is 0.458 e. The number of furan rings is 1. The SMILES string of the molecule is CCNCc1oc2c(Br)cc(F)cc2c1C(C)(C)C. The van der Waals surface area contributed by atoms with Gasteiger partial charge in [0.1, 0.15) is 17.2 Å². The maximum Gasteiger partial charge on any atom is 0.149 e. The summed E-state index contributed by atoms with van der Waals surface area (Å²) in [7, 11) is 0. The van der Waals surface area contributed by atoms with Crippen molar-refractivity contribution in [2.45, 2.75) is 39.7 Å². The lowest BCUT2D eigenvalue weighted by atomic mass is 9.84. The Morgan fingerprint density at radius 2 is 2.00 bits per heavy atom. The molecule has 0 saturated heterocycles. The first-order chi connectivity index (χ1) is 8.84. The summed E-state index contributed by atoms with van der Waals surface area (Å²) < 4.78 is 20.2. The third kappa shape index (κ3) is 2.84. The van der Waals surface area contributed by atoms with Gasteiger partial charge in [-0.1, -0.05) is 27.7 Å². The fourth-order valence-electron chi connectivity index (χ4n) is 2.36. The normalized spacial score (nSPS) is 12.3. The number of fused-ring (bicyclic) bond motifs is 1. The summed E-state index contributed by atoms with van der Waals surface area (Å²) in [5, 5.41) is 4.12. The highest BCUT2D eigenvalue weighted by Gasteiger charge is 2.26. The minimum Gasteiger partial charge on any atom is -0.458 e. The standard InChI is InChI=1S/C15H19BrFNO/c1-5-18-8-12-13(15(2,3)4)10-6-9(17)7-11(16)14(10)19-12/h6-7,18H,5,8H2,1-4H3. The van der Waals surface area contributed by atoms with E-state index in [4.69, 9.17) is 4.42 Å². The second-order valence-corrected chi connectivity index (χ2v) is 6.55. The number of halogens is 2. The predicted octanol–water partition coefficient (Wildman–Crippen LogP) is 4.74. The quantitative estimate of drug-likeness (QED) is 0.880. The van der Waals surface area contributed by atoms with Gasteiger partial charge in [-0.2, -0.15) is 0 Å². The smallest absolute Gasteiger partial charge is 0.149 e. The molecule has 2 rings (SSSR count). The summed E-state index contributed by atoms with van der Waals surface area (Å²) in [5.41, 5.74) is 1.70. The van der Waals surface area contributed by atoms with Gasteiger partial charge < -0.3 is 9.73 Å². The van der Waals surface area contributed by atoms with Crippen LogP contribution in [-0.2, 0) is 12.0 Å². The van der Waals surface area contributed by atoms with E-state index in [1.54, 1.807) is 6.07 Å². The van der Waals surface area contributed by atoms with Crippen LogP contribution in [0.2, 0.25) is 0 Å². The van der Waals surface area contributed by atoms with Crippen LogP contribution in [0, 0.1) is 5.82 Å². The minimum absolute atomic E-state index is 0.0940. The van der Waals surface area contributed by atoms with Crippen molar-refractivity contribution in [1.29, 1.82) is 0 Å². The maximum absolute atomic E-state index is 13.6. The molecule has 1 aromatic heterocycles. The van der Waals surface area contributed by atoms with Crippen molar-refractivity contribution >= 4 is 26.9 Å². The van der Waals surface area contributed by atoms with Crippen molar-refractivity contribution in [1.82, 2.24) is 5.32 Å². The Hall–Kier alpha value is -0.870. The van der Waals surface area contributed by atoms with Crippen molar-refractivity contribution in [3.63, 3.8) is 0 Å². The summed E-state index contributed by atoms with van der Waals surface area (Å²) in [5.74, 6) is 0.635. The summed E-state index contributed by atoms with van der Waals surface area (Å²) in [6.07, 6.45) is 0. The Balaban J connectivity index is 2.70. The zero-order chi connectivity index (χ0) is 14.2. The molecular weight excluding hydrogens is 309 g/mol. The van der Waals surface area contributed by atoms with Crippen LogP contribution in [0.5, 0.6) is 0 Å². The van der Waals surface area contributed by atoms with E-state index in [1.165, 1.54) is 6.07 Å². The summed E-state index contributed by atoms with van der Waals surface area (Å²) in [6, 6.07) is 2.99. The van der Waals surface area contributed by atoms with Gasteiger partial charge in [-0.3, -0.25) is 0 Å². The molecule has 0 aliphatic rings. The Morgan fingerprint density at radius 1 is 1.32 bits per heavy atom. The fraction of sp³-hybridized carbons (Fsp3) is 0.467. The van der Waals surface area contributed by atoms with Gasteiger partial charge in [0.15, 0.2) is 0 Å². The van der Waals surface area contributed by atoms with Gasteiger partial charge in [-0.25, -0.2) is 4.39 Å². The zero-order valence-corrected chi connectivity index (χ0v) is 13.3. The first kappa shape index (κ1) is 14.5. The highest BCUT2D eigenvalue weighted by molar-refractivity contribution is 9.10. The molecule has 0 unspecified atom stereocenters. The molecule has 0 spiro atoms. The van der Waals surface area contributed by atoms with Gasteiger partial charge in [0.05, 0.1) is 11.0 Å².